The lowest BCUT2D eigenvalue weighted by atomic mass is 10.0. The molecule has 2 unspecified atom stereocenters. The van der Waals surface area contributed by atoms with Gasteiger partial charge in [-0.05, 0) is 56.3 Å². The van der Waals surface area contributed by atoms with Crippen LogP contribution in [-0.2, 0) is 6.42 Å². The first-order valence-electron chi connectivity index (χ1n) is 7.57. The van der Waals surface area contributed by atoms with Gasteiger partial charge in [-0.1, -0.05) is 30.9 Å². The molecule has 3 fully saturated rings. The Kier molecular flexibility index (Phi) is 2.16. The van der Waals surface area contributed by atoms with Gasteiger partial charge in [0.05, 0.1) is 11.3 Å². The van der Waals surface area contributed by atoms with Crippen LogP contribution in [0.25, 0.3) is 11.8 Å². The number of hydrogen-bond acceptors (Lipinski definition) is 2. The lowest BCUT2D eigenvalue weighted by Gasteiger charge is -2.63. The number of nitrogens with one attached hydrogen (secondary N) is 1. The van der Waals surface area contributed by atoms with Gasteiger partial charge in [-0.25, -0.2) is 0 Å². The third kappa shape index (κ3) is 1.37. The Morgan fingerprint density at radius 1 is 1.40 bits per heavy atom. The monoisotopic (exact) mass is 282 g/mol. The van der Waals surface area contributed by atoms with Gasteiger partial charge in [-0.15, -0.1) is 0 Å². The summed E-state index contributed by atoms with van der Waals surface area (Å²) in [6.45, 7) is 5.66. The average Bonchev–Trinajstić information content (AvgIpc) is 3.08. The number of fused-ring (bicyclic) bond motifs is 3. The second-order valence-corrected chi connectivity index (χ2v) is 8.76. The van der Waals surface area contributed by atoms with E-state index in [4.69, 9.17) is 0 Å². The fraction of sp³-hybridized carbons (Fsp3) is 0.412. The summed E-state index contributed by atoms with van der Waals surface area (Å²) in [4.78, 5) is 0. The third-order valence-electron chi connectivity index (χ3n) is 5.37. The molecule has 5 rings (SSSR count). The Morgan fingerprint density at radius 2 is 2.30 bits per heavy atom. The van der Waals surface area contributed by atoms with Crippen molar-refractivity contribution in [3.63, 3.8) is 0 Å². The molecule has 1 aromatic carbocycles. The summed E-state index contributed by atoms with van der Waals surface area (Å²) >= 11 is 0. The Hall–Kier alpha value is -1.11. The maximum absolute atomic E-state index is 4.31. The number of hydrogen-bond donors (Lipinski definition) is 1. The van der Waals surface area contributed by atoms with E-state index >= 15 is 0 Å². The highest BCUT2D eigenvalue weighted by Crippen LogP contribution is 2.76. The highest BCUT2D eigenvalue weighted by molar-refractivity contribution is 7.59. The van der Waals surface area contributed by atoms with Crippen LogP contribution in [0.1, 0.15) is 29.5 Å². The third-order valence-corrected chi connectivity index (χ3v) is 8.45. The highest BCUT2D eigenvalue weighted by atomic mass is 31.1. The second kappa shape index (κ2) is 3.75. The zero-order valence-corrected chi connectivity index (χ0v) is 12.5. The molecular weight excluding hydrogens is 263 g/mol. The molecule has 2 aliphatic carbocycles. The minimum absolute atomic E-state index is 0.134. The van der Waals surface area contributed by atoms with Crippen LogP contribution < -0.4 is 5.32 Å². The van der Waals surface area contributed by atoms with Gasteiger partial charge in [0.2, 0.25) is 0 Å². The number of rotatable bonds is 3. The van der Waals surface area contributed by atoms with Crippen LogP contribution in [0.15, 0.2) is 30.9 Å². The summed E-state index contributed by atoms with van der Waals surface area (Å²) in [6.07, 6.45) is 9.75. The number of allylic oxidation sites excluding steroid dienone is 1. The molecule has 2 atom stereocenters. The average molecular weight is 282 g/mol. The highest BCUT2D eigenvalue weighted by Gasteiger charge is 2.70. The van der Waals surface area contributed by atoms with Crippen molar-refractivity contribution in [1.29, 1.82) is 0 Å². The molecular formula is C17H19N2P. The van der Waals surface area contributed by atoms with Crippen molar-refractivity contribution in [3.05, 3.63) is 47.5 Å². The van der Waals surface area contributed by atoms with Crippen molar-refractivity contribution in [2.45, 2.75) is 30.6 Å². The first kappa shape index (κ1) is 11.5. The van der Waals surface area contributed by atoms with Crippen LogP contribution in [-0.4, -0.2) is 28.7 Å². The largest absolute Gasteiger partial charge is 0.375 e. The molecule has 0 radical (unpaired) electrons. The summed E-state index contributed by atoms with van der Waals surface area (Å²) in [7, 11) is 0.134. The van der Waals surface area contributed by atoms with Gasteiger partial charge in [-0.3, -0.25) is 4.67 Å². The molecule has 2 aliphatic heterocycles. The van der Waals surface area contributed by atoms with Gasteiger partial charge in [0.15, 0.2) is 0 Å². The van der Waals surface area contributed by atoms with E-state index in [2.05, 4.69) is 46.9 Å². The normalized spacial score (nSPS) is 31.2. The van der Waals surface area contributed by atoms with Crippen LogP contribution in [0.4, 0.5) is 0 Å². The minimum atomic E-state index is 0.134. The Bertz CT molecular complexity index is 644. The molecule has 2 heterocycles. The van der Waals surface area contributed by atoms with Crippen molar-refractivity contribution >= 4 is 19.8 Å². The molecule has 1 N–H and O–H groups in total. The molecule has 0 aromatic heterocycles. The van der Waals surface area contributed by atoms with Crippen molar-refractivity contribution in [1.82, 2.24) is 9.99 Å². The van der Waals surface area contributed by atoms with Gasteiger partial charge in [0.25, 0.3) is 0 Å². The van der Waals surface area contributed by atoms with Gasteiger partial charge >= 0.3 is 0 Å². The molecule has 0 amide bonds. The lowest BCUT2D eigenvalue weighted by Crippen LogP contribution is -2.66. The predicted octanol–water partition coefficient (Wildman–Crippen LogP) is 3.40. The quantitative estimate of drug-likeness (QED) is 0.855. The molecule has 1 spiro atoms. The lowest BCUT2D eigenvalue weighted by molar-refractivity contribution is 0.215. The molecule has 2 nitrogen and oxygen atoms in total. The van der Waals surface area contributed by atoms with Crippen LogP contribution in [0.5, 0.6) is 0 Å². The molecule has 3 heteroatoms. The van der Waals surface area contributed by atoms with Crippen LogP contribution in [0.2, 0.25) is 0 Å². The Labute approximate surface area is 121 Å². The minimum Gasteiger partial charge on any atom is -0.375 e. The maximum atomic E-state index is 4.31. The number of benzene rings is 1. The van der Waals surface area contributed by atoms with E-state index in [1.165, 1.54) is 42.2 Å². The van der Waals surface area contributed by atoms with E-state index < -0.39 is 0 Å². The predicted molar refractivity (Wildman–Crippen MR) is 85.6 cm³/mol. The molecule has 1 saturated carbocycles. The number of nitrogens with zero attached hydrogens (tertiary/aromatic N) is 1. The summed E-state index contributed by atoms with van der Waals surface area (Å²) in [5.74, 6) is 0.713. The molecule has 0 bridgehead atoms. The summed E-state index contributed by atoms with van der Waals surface area (Å²) in [5, 5.41) is 3.78. The van der Waals surface area contributed by atoms with Gasteiger partial charge in [0.1, 0.15) is 0 Å². The van der Waals surface area contributed by atoms with Crippen LogP contribution >= 0.6 is 8.07 Å². The first-order valence-corrected chi connectivity index (χ1v) is 9.12. The summed E-state index contributed by atoms with van der Waals surface area (Å²) < 4.78 is 2.76. The summed E-state index contributed by atoms with van der Waals surface area (Å²) in [5.41, 5.74) is 5.77. The molecule has 2 saturated heterocycles. The topological polar surface area (TPSA) is 15.3 Å². The van der Waals surface area contributed by atoms with Gasteiger partial charge in [-0.2, -0.15) is 0 Å². The van der Waals surface area contributed by atoms with E-state index in [0.29, 0.717) is 11.3 Å². The van der Waals surface area contributed by atoms with Crippen molar-refractivity contribution < 1.29 is 0 Å². The Morgan fingerprint density at radius 3 is 3.05 bits per heavy atom. The first-order chi connectivity index (χ1) is 9.78. The molecule has 1 aromatic rings. The standard InChI is InChI=1S/C17H19N2P/c1-12(14-6-5-13-3-2-4-15(13)11-14)18-16-17(7-8-17)19-9-10-20(16)19/h2-3,5-6,11,16,18H,1,4,7-10H2. The fourth-order valence-corrected chi connectivity index (χ4v) is 7.06. The SMILES string of the molecule is C=C(NC1P2CCN2C12CC2)c1ccc2c(c1)CC=C2. The zero-order chi connectivity index (χ0) is 13.3. The van der Waals surface area contributed by atoms with Gasteiger partial charge < -0.3 is 5.32 Å². The summed E-state index contributed by atoms with van der Waals surface area (Å²) in [6, 6.07) is 6.76. The smallest absolute Gasteiger partial charge is 0.0782 e. The van der Waals surface area contributed by atoms with Gasteiger partial charge in [0, 0.05) is 12.2 Å². The van der Waals surface area contributed by atoms with E-state index in [9.17, 15) is 0 Å². The molecule has 102 valence electrons. The maximum Gasteiger partial charge on any atom is 0.0782 e. The van der Waals surface area contributed by atoms with E-state index in [0.717, 1.165) is 12.1 Å². The molecule has 4 aliphatic rings. The van der Waals surface area contributed by atoms with Crippen LogP contribution in [0, 0.1) is 0 Å². The fourth-order valence-electron chi connectivity index (χ4n) is 3.99. The van der Waals surface area contributed by atoms with Crippen molar-refractivity contribution in [3.8, 4) is 0 Å². The second-order valence-electron chi connectivity index (χ2n) is 6.44. The van der Waals surface area contributed by atoms with E-state index in [1.54, 1.807) is 0 Å². The Balaban J connectivity index is 1.36. The van der Waals surface area contributed by atoms with Crippen LogP contribution in [0.3, 0.4) is 0 Å². The van der Waals surface area contributed by atoms with E-state index in [1.807, 2.05) is 0 Å². The molecule has 20 heavy (non-hydrogen) atoms. The zero-order valence-electron chi connectivity index (χ0n) is 11.6. The van der Waals surface area contributed by atoms with Crippen molar-refractivity contribution in [2.24, 2.45) is 0 Å². The van der Waals surface area contributed by atoms with Crippen molar-refractivity contribution in [2.75, 3.05) is 12.7 Å². The van der Waals surface area contributed by atoms with E-state index in [-0.39, 0.29) is 8.07 Å².